The minimum Gasteiger partial charge on any atom is -0.396 e. The molecule has 0 radical (unpaired) electrons. The molecule has 0 aromatic carbocycles. The molecule has 94 valence electrons. The number of rotatable bonds is 8. The summed E-state index contributed by atoms with van der Waals surface area (Å²) in [5.41, 5.74) is 1.40. The van der Waals surface area contributed by atoms with Crippen molar-refractivity contribution in [3.63, 3.8) is 0 Å². The van der Waals surface area contributed by atoms with Crippen molar-refractivity contribution in [1.82, 2.24) is 5.32 Å². The molecular formula is C14H27NO. The van der Waals surface area contributed by atoms with E-state index in [0.717, 1.165) is 18.8 Å². The molecule has 2 unspecified atom stereocenters. The lowest BCUT2D eigenvalue weighted by atomic mass is 10.1. The number of allylic oxidation sites excluding steroid dienone is 2. The van der Waals surface area contributed by atoms with Crippen molar-refractivity contribution in [1.29, 1.82) is 0 Å². The van der Waals surface area contributed by atoms with E-state index in [-0.39, 0.29) is 0 Å². The Bertz CT molecular complexity index is 217. The summed E-state index contributed by atoms with van der Waals surface area (Å²) in [6, 6.07) is 1.11. The van der Waals surface area contributed by atoms with E-state index in [0.29, 0.717) is 18.7 Å². The highest BCUT2D eigenvalue weighted by Gasteiger charge is 2.31. The van der Waals surface area contributed by atoms with Crippen molar-refractivity contribution in [3.05, 3.63) is 11.6 Å². The van der Waals surface area contributed by atoms with Crippen LogP contribution in [0.3, 0.4) is 0 Å². The van der Waals surface area contributed by atoms with Gasteiger partial charge >= 0.3 is 0 Å². The quantitative estimate of drug-likeness (QED) is 0.623. The third kappa shape index (κ3) is 5.66. The van der Waals surface area contributed by atoms with E-state index in [1.165, 1.54) is 24.8 Å². The Labute approximate surface area is 100 Å². The third-order valence-corrected chi connectivity index (χ3v) is 3.28. The monoisotopic (exact) mass is 225 g/mol. The Hall–Kier alpha value is -0.340. The van der Waals surface area contributed by atoms with Crippen LogP contribution in [0.25, 0.3) is 0 Å². The summed E-state index contributed by atoms with van der Waals surface area (Å²) in [6.07, 6.45) is 8.26. The second-order valence-corrected chi connectivity index (χ2v) is 5.38. The fourth-order valence-electron chi connectivity index (χ4n) is 2.16. The number of hydrogen-bond acceptors (Lipinski definition) is 2. The van der Waals surface area contributed by atoms with E-state index in [9.17, 15) is 0 Å². The standard InChI is InChI=1S/C14H27NO/c1-11(2)5-4-6-12(3)15-14(9-10-16)13-7-8-13/h5,12-16H,4,6-10H2,1-3H3. The minimum atomic E-state index is 0.314. The summed E-state index contributed by atoms with van der Waals surface area (Å²) >= 11 is 0. The van der Waals surface area contributed by atoms with Crippen molar-refractivity contribution in [2.75, 3.05) is 6.61 Å². The summed E-state index contributed by atoms with van der Waals surface area (Å²) in [5, 5.41) is 12.7. The molecule has 0 amide bonds. The van der Waals surface area contributed by atoms with Gasteiger partial charge in [-0.25, -0.2) is 0 Å². The Balaban J connectivity index is 2.19. The summed E-state index contributed by atoms with van der Waals surface area (Å²) in [7, 11) is 0. The highest BCUT2D eigenvalue weighted by molar-refractivity contribution is 4.94. The lowest BCUT2D eigenvalue weighted by Gasteiger charge is -2.22. The van der Waals surface area contributed by atoms with Gasteiger partial charge in [0, 0.05) is 18.7 Å². The predicted octanol–water partition coefficient (Wildman–Crippen LogP) is 2.87. The molecule has 0 aromatic rings. The van der Waals surface area contributed by atoms with Gasteiger partial charge in [-0.3, -0.25) is 0 Å². The van der Waals surface area contributed by atoms with Gasteiger partial charge in [0.15, 0.2) is 0 Å². The van der Waals surface area contributed by atoms with Gasteiger partial charge in [0.05, 0.1) is 0 Å². The Morgan fingerprint density at radius 2 is 2.06 bits per heavy atom. The van der Waals surface area contributed by atoms with Crippen LogP contribution in [-0.4, -0.2) is 23.8 Å². The molecule has 1 fully saturated rings. The van der Waals surface area contributed by atoms with E-state index < -0.39 is 0 Å². The maximum Gasteiger partial charge on any atom is 0.0445 e. The fraction of sp³-hybridized carbons (Fsp3) is 0.857. The van der Waals surface area contributed by atoms with Gasteiger partial charge in [-0.05, 0) is 58.8 Å². The molecule has 2 heteroatoms. The average molecular weight is 225 g/mol. The summed E-state index contributed by atoms with van der Waals surface area (Å²) in [4.78, 5) is 0. The van der Waals surface area contributed by atoms with Crippen LogP contribution in [0.2, 0.25) is 0 Å². The van der Waals surface area contributed by atoms with Crippen LogP contribution in [0.15, 0.2) is 11.6 Å². The number of nitrogens with one attached hydrogen (secondary N) is 1. The second-order valence-electron chi connectivity index (χ2n) is 5.38. The third-order valence-electron chi connectivity index (χ3n) is 3.28. The number of aliphatic hydroxyl groups excluding tert-OH is 1. The molecule has 2 N–H and O–H groups in total. The second kappa shape index (κ2) is 7.08. The van der Waals surface area contributed by atoms with Crippen LogP contribution in [-0.2, 0) is 0 Å². The largest absolute Gasteiger partial charge is 0.396 e. The van der Waals surface area contributed by atoms with Crippen LogP contribution in [0.4, 0.5) is 0 Å². The van der Waals surface area contributed by atoms with Gasteiger partial charge in [0.25, 0.3) is 0 Å². The zero-order valence-corrected chi connectivity index (χ0v) is 11.0. The smallest absolute Gasteiger partial charge is 0.0445 e. The van der Waals surface area contributed by atoms with Crippen molar-refractivity contribution in [2.45, 2.75) is 65.0 Å². The normalized spacial score (nSPS) is 19.2. The SMILES string of the molecule is CC(C)=CCCC(C)NC(CCO)C1CC1. The number of aliphatic hydroxyl groups is 1. The summed E-state index contributed by atoms with van der Waals surface area (Å²) < 4.78 is 0. The first-order valence-electron chi connectivity index (χ1n) is 6.63. The van der Waals surface area contributed by atoms with Crippen LogP contribution < -0.4 is 5.32 Å². The van der Waals surface area contributed by atoms with Crippen LogP contribution in [0.5, 0.6) is 0 Å². The van der Waals surface area contributed by atoms with Crippen molar-refractivity contribution in [2.24, 2.45) is 5.92 Å². The van der Waals surface area contributed by atoms with Crippen molar-refractivity contribution in [3.8, 4) is 0 Å². The zero-order valence-electron chi connectivity index (χ0n) is 11.0. The van der Waals surface area contributed by atoms with Gasteiger partial charge in [0.2, 0.25) is 0 Å². The van der Waals surface area contributed by atoms with E-state index >= 15 is 0 Å². The molecular weight excluding hydrogens is 198 g/mol. The average Bonchev–Trinajstić information content (AvgIpc) is 2.99. The maximum absolute atomic E-state index is 9.03. The molecule has 2 atom stereocenters. The highest BCUT2D eigenvalue weighted by atomic mass is 16.3. The van der Waals surface area contributed by atoms with Gasteiger partial charge in [-0.15, -0.1) is 0 Å². The molecule has 16 heavy (non-hydrogen) atoms. The molecule has 1 aliphatic rings. The Kier molecular flexibility index (Phi) is 6.07. The van der Waals surface area contributed by atoms with E-state index in [1.54, 1.807) is 0 Å². The lowest BCUT2D eigenvalue weighted by molar-refractivity contribution is 0.248. The number of hydrogen-bond donors (Lipinski definition) is 2. The topological polar surface area (TPSA) is 32.3 Å². The molecule has 1 rings (SSSR count). The molecule has 2 nitrogen and oxygen atoms in total. The summed E-state index contributed by atoms with van der Waals surface area (Å²) in [6.45, 7) is 6.87. The highest BCUT2D eigenvalue weighted by Crippen LogP contribution is 2.34. The molecule has 1 saturated carbocycles. The van der Waals surface area contributed by atoms with Gasteiger partial charge in [0.1, 0.15) is 0 Å². The Morgan fingerprint density at radius 1 is 1.38 bits per heavy atom. The van der Waals surface area contributed by atoms with Crippen LogP contribution in [0.1, 0.15) is 52.9 Å². The molecule has 0 saturated heterocycles. The fourth-order valence-corrected chi connectivity index (χ4v) is 2.16. The molecule has 0 aromatic heterocycles. The predicted molar refractivity (Wildman–Crippen MR) is 69.5 cm³/mol. The van der Waals surface area contributed by atoms with E-state index in [1.807, 2.05) is 0 Å². The minimum absolute atomic E-state index is 0.314. The maximum atomic E-state index is 9.03. The molecule has 1 aliphatic carbocycles. The first kappa shape index (κ1) is 13.7. The molecule has 0 heterocycles. The van der Waals surface area contributed by atoms with E-state index in [4.69, 9.17) is 5.11 Å². The van der Waals surface area contributed by atoms with Crippen molar-refractivity contribution >= 4 is 0 Å². The van der Waals surface area contributed by atoms with E-state index in [2.05, 4.69) is 32.2 Å². The van der Waals surface area contributed by atoms with Gasteiger partial charge in [-0.2, -0.15) is 0 Å². The molecule has 0 spiro atoms. The molecule has 0 bridgehead atoms. The lowest BCUT2D eigenvalue weighted by Crippen LogP contribution is -2.38. The van der Waals surface area contributed by atoms with Crippen LogP contribution in [0, 0.1) is 5.92 Å². The van der Waals surface area contributed by atoms with Gasteiger partial charge < -0.3 is 10.4 Å². The van der Waals surface area contributed by atoms with Crippen LogP contribution >= 0.6 is 0 Å². The van der Waals surface area contributed by atoms with Gasteiger partial charge in [-0.1, -0.05) is 11.6 Å². The first-order chi connectivity index (χ1) is 7.63. The molecule has 0 aliphatic heterocycles. The van der Waals surface area contributed by atoms with Crippen molar-refractivity contribution < 1.29 is 5.11 Å². The Morgan fingerprint density at radius 3 is 2.56 bits per heavy atom. The first-order valence-corrected chi connectivity index (χ1v) is 6.63. The zero-order chi connectivity index (χ0) is 12.0. The summed E-state index contributed by atoms with van der Waals surface area (Å²) in [5.74, 6) is 0.832.